The molecule has 2 rings (SSSR count). The zero-order valence-electron chi connectivity index (χ0n) is 10.5. The second kappa shape index (κ2) is 5.66. The number of rotatable bonds is 4. The number of aromatic hydroxyl groups is 3. The van der Waals surface area contributed by atoms with Crippen LogP contribution in [0.2, 0.25) is 0 Å². The SMILES string of the molecule is O=C(COc1ccc(F)c(F)c1)c1c(O)cc(O)cc1O. The maximum absolute atomic E-state index is 13.0. The quantitative estimate of drug-likeness (QED) is 0.754. The molecule has 0 amide bonds. The van der Waals surface area contributed by atoms with Gasteiger partial charge in [0.05, 0.1) is 0 Å². The van der Waals surface area contributed by atoms with Gasteiger partial charge in [0.1, 0.15) is 28.6 Å². The first-order chi connectivity index (χ1) is 9.88. The zero-order chi connectivity index (χ0) is 15.6. The van der Waals surface area contributed by atoms with Crippen LogP contribution in [0.25, 0.3) is 0 Å². The molecular weight excluding hydrogens is 286 g/mol. The van der Waals surface area contributed by atoms with Crippen LogP contribution in [0, 0.1) is 11.6 Å². The van der Waals surface area contributed by atoms with Gasteiger partial charge >= 0.3 is 0 Å². The van der Waals surface area contributed by atoms with E-state index in [1.54, 1.807) is 0 Å². The number of phenolic OH excluding ortho intramolecular Hbond substituents is 3. The van der Waals surface area contributed by atoms with Crippen LogP contribution in [0.5, 0.6) is 23.0 Å². The van der Waals surface area contributed by atoms with Crippen LogP contribution < -0.4 is 4.74 Å². The molecule has 0 radical (unpaired) electrons. The summed E-state index contributed by atoms with van der Waals surface area (Å²) in [6.45, 7) is -0.614. The van der Waals surface area contributed by atoms with Crippen molar-refractivity contribution in [3.05, 3.63) is 47.5 Å². The van der Waals surface area contributed by atoms with Crippen molar-refractivity contribution in [2.45, 2.75) is 0 Å². The summed E-state index contributed by atoms with van der Waals surface area (Å²) in [6.07, 6.45) is 0. The molecule has 0 saturated carbocycles. The highest BCUT2D eigenvalue weighted by molar-refractivity contribution is 6.02. The molecule has 110 valence electrons. The summed E-state index contributed by atoms with van der Waals surface area (Å²) in [4.78, 5) is 11.8. The minimum absolute atomic E-state index is 0.0833. The minimum atomic E-state index is -1.13. The Kier molecular flexibility index (Phi) is 3.93. The first-order valence-corrected chi connectivity index (χ1v) is 5.74. The smallest absolute Gasteiger partial charge is 0.207 e. The number of benzene rings is 2. The van der Waals surface area contributed by atoms with E-state index < -0.39 is 46.8 Å². The molecule has 0 aromatic heterocycles. The Labute approximate surface area is 117 Å². The van der Waals surface area contributed by atoms with Crippen LogP contribution in [0.3, 0.4) is 0 Å². The van der Waals surface area contributed by atoms with Gasteiger partial charge in [-0.25, -0.2) is 8.78 Å². The van der Waals surface area contributed by atoms with E-state index in [1.807, 2.05) is 0 Å². The van der Waals surface area contributed by atoms with Crippen molar-refractivity contribution < 1.29 is 33.6 Å². The van der Waals surface area contributed by atoms with Gasteiger partial charge in [0.2, 0.25) is 5.78 Å². The highest BCUT2D eigenvalue weighted by Crippen LogP contribution is 2.32. The number of hydrogen-bond donors (Lipinski definition) is 3. The molecule has 2 aromatic rings. The first kappa shape index (κ1) is 14.6. The van der Waals surface area contributed by atoms with E-state index >= 15 is 0 Å². The fourth-order valence-electron chi connectivity index (χ4n) is 1.67. The minimum Gasteiger partial charge on any atom is -0.508 e. The molecule has 0 spiro atoms. The molecule has 7 heteroatoms. The molecule has 0 fully saturated rings. The molecule has 5 nitrogen and oxygen atoms in total. The fourth-order valence-corrected chi connectivity index (χ4v) is 1.67. The highest BCUT2D eigenvalue weighted by atomic mass is 19.2. The van der Waals surface area contributed by atoms with Gasteiger partial charge in [-0.3, -0.25) is 4.79 Å². The van der Waals surface area contributed by atoms with Crippen LogP contribution in [0.1, 0.15) is 10.4 Å². The summed E-state index contributed by atoms with van der Waals surface area (Å²) >= 11 is 0. The Morgan fingerprint density at radius 2 is 1.62 bits per heavy atom. The van der Waals surface area contributed by atoms with E-state index in [9.17, 15) is 23.8 Å². The fraction of sp³-hybridized carbons (Fsp3) is 0.0714. The topological polar surface area (TPSA) is 87.0 Å². The Hall–Kier alpha value is -2.83. The molecule has 0 atom stereocenters. The number of ether oxygens (including phenoxy) is 1. The predicted octanol–water partition coefficient (Wildman–Crippen LogP) is 2.34. The van der Waals surface area contributed by atoms with Crippen LogP contribution >= 0.6 is 0 Å². The molecule has 0 heterocycles. The third kappa shape index (κ3) is 3.19. The third-order valence-electron chi connectivity index (χ3n) is 2.62. The van der Waals surface area contributed by atoms with Crippen LogP contribution in [0.4, 0.5) is 8.78 Å². The summed E-state index contributed by atoms with van der Waals surface area (Å²) in [5.41, 5.74) is -0.435. The van der Waals surface area contributed by atoms with Crippen LogP contribution in [-0.4, -0.2) is 27.7 Å². The van der Waals surface area contributed by atoms with Crippen LogP contribution in [-0.2, 0) is 0 Å². The molecule has 0 bridgehead atoms. The van der Waals surface area contributed by atoms with Crippen molar-refractivity contribution in [1.29, 1.82) is 0 Å². The van der Waals surface area contributed by atoms with Gasteiger partial charge in [-0.1, -0.05) is 0 Å². The Balaban J connectivity index is 2.13. The van der Waals surface area contributed by atoms with Crippen LogP contribution in [0.15, 0.2) is 30.3 Å². The number of halogens is 2. The summed E-state index contributed by atoms with van der Waals surface area (Å²) < 4.78 is 30.6. The Morgan fingerprint density at radius 3 is 2.19 bits per heavy atom. The number of ketones is 1. The lowest BCUT2D eigenvalue weighted by Crippen LogP contribution is -2.12. The normalized spacial score (nSPS) is 10.4. The number of hydrogen-bond acceptors (Lipinski definition) is 5. The lowest BCUT2D eigenvalue weighted by Gasteiger charge is -2.09. The van der Waals surface area contributed by atoms with E-state index in [1.165, 1.54) is 0 Å². The first-order valence-electron chi connectivity index (χ1n) is 5.74. The molecule has 2 aromatic carbocycles. The molecule has 0 aliphatic heterocycles. The lowest BCUT2D eigenvalue weighted by atomic mass is 10.1. The maximum Gasteiger partial charge on any atom is 0.207 e. The summed E-state index contributed by atoms with van der Waals surface area (Å²) in [6, 6.07) is 4.49. The van der Waals surface area contributed by atoms with E-state index in [-0.39, 0.29) is 5.75 Å². The van der Waals surface area contributed by atoms with Gasteiger partial charge < -0.3 is 20.1 Å². The van der Waals surface area contributed by atoms with Crippen molar-refractivity contribution in [1.82, 2.24) is 0 Å². The molecule has 0 saturated heterocycles. The van der Waals surface area contributed by atoms with E-state index in [4.69, 9.17) is 9.84 Å². The monoisotopic (exact) mass is 296 g/mol. The largest absolute Gasteiger partial charge is 0.508 e. The third-order valence-corrected chi connectivity index (χ3v) is 2.62. The number of carbonyl (C=O) groups excluding carboxylic acids is 1. The molecule has 0 unspecified atom stereocenters. The van der Waals surface area contributed by atoms with Gasteiger partial charge in [0, 0.05) is 18.2 Å². The second-order valence-corrected chi connectivity index (χ2v) is 4.15. The van der Waals surface area contributed by atoms with Gasteiger partial charge in [-0.05, 0) is 12.1 Å². The Morgan fingerprint density at radius 1 is 1.00 bits per heavy atom. The van der Waals surface area contributed by atoms with Gasteiger partial charge in [0.15, 0.2) is 18.2 Å². The van der Waals surface area contributed by atoms with Gasteiger partial charge in [-0.2, -0.15) is 0 Å². The molecular formula is C14H10F2O5. The number of Topliss-reactive ketones (excluding diaryl/α,β-unsaturated/α-hetero) is 1. The zero-order valence-corrected chi connectivity index (χ0v) is 10.5. The standard InChI is InChI=1S/C14H10F2O5/c15-9-2-1-8(5-10(9)16)21-6-13(20)14-11(18)3-7(17)4-12(14)19/h1-5,17-19H,6H2. The summed E-state index contributed by atoms with van der Waals surface area (Å²) in [5.74, 6) is -4.71. The predicted molar refractivity (Wildman–Crippen MR) is 67.6 cm³/mol. The number of carbonyl (C=O) groups is 1. The maximum atomic E-state index is 13.0. The summed E-state index contributed by atoms with van der Waals surface area (Å²) in [5, 5.41) is 28.2. The highest BCUT2D eigenvalue weighted by Gasteiger charge is 2.18. The van der Waals surface area contributed by atoms with Gasteiger partial charge in [0.25, 0.3) is 0 Å². The average Bonchev–Trinajstić information content (AvgIpc) is 2.39. The van der Waals surface area contributed by atoms with Crippen molar-refractivity contribution >= 4 is 5.78 Å². The number of phenols is 3. The van der Waals surface area contributed by atoms with Crippen molar-refractivity contribution in [2.75, 3.05) is 6.61 Å². The second-order valence-electron chi connectivity index (χ2n) is 4.15. The van der Waals surface area contributed by atoms with Crippen molar-refractivity contribution in [3.63, 3.8) is 0 Å². The molecule has 21 heavy (non-hydrogen) atoms. The van der Waals surface area contributed by atoms with E-state index in [0.29, 0.717) is 0 Å². The van der Waals surface area contributed by atoms with Crippen molar-refractivity contribution in [3.8, 4) is 23.0 Å². The summed E-state index contributed by atoms with van der Waals surface area (Å²) in [7, 11) is 0. The lowest BCUT2D eigenvalue weighted by molar-refractivity contribution is 0.0915. The Bertz CT molecular complexity index is 677. The molecule has 3 N–H and O–H groups in total. The van der Waals surface area contributed by atoms with E-state index in [0.717, 1.165) is 30.3 Å². The van der Waals surface area contributed by atoms with Gasteiger partial charge in [-0.15, -0.1) is 0 Å². The van der Waals surface area contributed by atoms with E-state index in [2.05, 4.69) is 0 Å². The molecule has 0 aliphatic carbocycles. The average molecular weight is 296 g/mol. The van der Waals surface area contributed by atoms with Crippen molar-refractivity contribution in [2.24, 2.45) is 0 Å². The molecule has 0 aliphatic rings.